The van der Waals surface area contributed by atoms with Gasteiger partial charge in [-0.2, -0.15) is 4.89 Å². The van der Waals surface area contributed by atoms with Gasteiger partial charge in [-0.3, -0.25) is 0 Å². The molecule has 0 radical (unpaired) electrons. The second-order valence-corrected chi connectivity index (χ2v) is 1.93. The van der Waals surface area contributed by atoms with E-state index < -0.39 is 8.03 Å². The molecule has 0 saturated carbocycles. The largest absolute Gasteiger partial charge is 0.510 e. The Labute approximate surface area is 41.5 Å². The third-order valence-corrected chi connectivity index (χ3v) is 0.826. The van der Waals surface area contributed by atoms with E-state index in [0.29, 0.717) is 0 Å². The van der Waals surface area contributed by atoms with Gasteiger partial charge in [-0.15, -0.1) is 0 Å². The molecule has 0 spiro atoms. The van der Waals surface area contributed by atoms with Gasteiger partial charge in [0.15, 0.2) is 0 Å². The van der Waals surface area contributed by atoms with Crippen LogP contribution < -0.4 is 0 Å². The molecule has 0 amide bonds. The Morgan fingerprint density at radius 3 is 2.57 bits per heavy atom. The van der Waals surface area contributed by atoms with E-state index in [4.69, 9.17) is 4.89 Å². The van der Waals surface area contributed by atoms with E-state index in [1.165, 1.54) is 5.94 Å². The molecular formula is C3H4O3P+. The van der Waals surface area contributed by atoms with Crippen molar-refractivity contribution in [2.75, 3.05) is 6.16 Å². The lowest BCUT2D eigenvalue weighted by Crippen LogP contribution is -1.65. The summed E-state index contributed by atoms with van der Waals surface area (Å²) in [7, 11) is -2.17. The van der Waals surface area contributed by atoms with E-state index >= 15 is 0 Å². The standard InChI is InChI=1S/C3H3O3P/c4-2-1-3-7(5)6/h1H,3H2/p+1. The van der Waals surface area contributed by atoms with Crippen molar-refractivity contribution in [2.24, 2.45) is 0 Å². The summed E-state index contributed by atoms with van der Waals surface area (Å²) < 4.78 is 9.70. The molecule has 0 heterocycles. The minimum Gasteiger partial charge on any atom is -0.234 e. The Morgan fingerprint density at radius 2 is 2.43 bits per heavy atom. The Balaban J connectivity index is 3.32. The highest BCUT2D eigenvalue weighted by atomic mass is 31.1. The molecule has 0 rings (SSSR count). The maximum absolute atomic E-state index is 9.70. The van der Waals surface area contributed by atoms with Crippen LogP contribution in [0.2, 0.25) is 0 Å². The summed E-state index contributed by atoms with van der Waals surface area (Å²) in [6.45, 7) is 0. The molecule has 7 heavy (non-hydrogen) atoms. The van der Waals surface area contributed by atoms with Crippen molar-refractivity contribution in [2.45, 2.75) is 0 Å². The maximum atomic E-state index is 9.70. The lowest BCUT2D eigenvalue weighted by molar-refractivity contribution is 0.506. The first-order valence-corrected chi connectivity index (χ1v) is 3.00. The third kappa shape index (κ3) is 5.51. The van der Waals surface area contributed by atoms with Crippen LogP contribution in [-0.4, -0.2) is 17.0 Å². The van der Waals surface area contributed by atoms with E-state index in [1.807, 2.05) is 0 Å². The SMILES string of the molecule is O=C=CC[P+](=O)O. The predicted molar refractivity (Wildman–Crippen MR) is 25.0 cm³/mol. The zero-order valence-corrected chi connectivity index (χ0v) is 4.39. The number of allylic oxidation sites excluding steroid dienone is 1. The number of hydrogen-bond acceptors (Lipinski definition) is 2. The highest BCUT2D eigenvalue weighted by Crippen LogP contribution is 2.09. The zero-order valence-electron chi connectivity index (χ0n) is 3.50. The van der Waals surface area contributed by atoms with Gasteiger partial charge >= 0.3 is 8.03 Å². The Bertz CT molecular complexity index is 113. The minimum absolute atomic E-state index is 0.0845. The molecule has 0 aliphatic carbocycles. The van der Waals surface area contributed by atoms with Crippen molar-refractivity contribution in [3.05, 3.63) is 6.08 Å². The minimum atomic E-state index is -2.17. The van der Waals surface area contributed by atoms with Crippen molar-refractivity contribution in [3.8, 4) is 0 Å². The molecule has 38 valence electrons. The van der Waals surface area contributed by atoms with E-state index in [9.17, 15) is 9.36 Å². The first kappa shape index (κ1) is 6.51. The smallest absolute Gasteiger partial charge is 0.234 e. The Kier molecular flexibility index (Phi) is 3.43. The lowest BCUT2D eigenvalue weighted by Gasteiger charge is -1.57. The van der Waals surface area contributed by atoms with Crippen molar-refractivity contribution >= 4 is 14.0 Å². The first-order chi connectivity index (χ1) is 3.27. The van der Waals surface area contributed by atoms with Crippen LogP contribution >= 0.6 is 8.03 Å². The monoisotopic (exact) mass is 119 g/mol. The summed E-state index contributed by atoms with van der Waals surface area (Å²) in [4.78, 5) is 17.3. The molecule has 0 aliphatic rings. The molecule has 0 aliphatic heterocycles. The van der Waals surface area contributed by atoms with Gasteiger partial charge in [0.1, 0.15) is 5.94 Å². The summed E-state index contributed by atoms with van der Waals surface area (Å²) >= 11 is 0. The highest BCUT2D eigenvalue weighted by Gasteiger charge is 2.03. The molecule has 0 bridgehead atoms. The number of hydrogen-bond donors (Lipinski definition) is 1. The van der Waals surface area contributed by atoms with E-state index in [0.717, 1.165) is 6.08 Å². The van der Waals surface area contributed by atoms with Crippen LogP contribution in [0.5, 0.6) is 0 Å². The van der Waals surface area contributed by atoms with Crippen molar-refractivity contribution in [1.29, 1.82) is 0 Å². The molecule has 1 unspecified atom stereocenters. The van der Waals surface area contributed by atoms with Crippen LogP contribution in [0.25, 0.3) is 0 Å². The van der Waals surface area contributed by atoms with Gasteiger partial charge in [0.25, 0.3) is 0 Å². The number of rotatable bonds is 2. The predicted octanol–water partition coefficient (Wildman–Crippen LogP) is 0.109. The first-order valence-electron chi connectivity index (χ1n) is 1.60. The summed E-state index contributed by atoms with van der Waals surface area (Å²) in [6, 6.07) is 0. The second kappa shape index (κ2) is 3.69. The van der Waals surface area contributed by atoms with Gasteiger partial charge in [0, 0.05) is 0 Å². The average Bonchev–Trinajstić information content (AvgIpc) is 1.61. The Morgan fingerprint density at radius 1 is 1.86 bits per heavy atom. The second-order valence-electron chi connectivity index (χ2n) is 0.857. The highest BCUT2D eigenvalue weighted by molar-refractivity contribution is 7.38. The van der Waals surface area contributed by atoms with Crippen LogP contribution in [0.4, 0.5) is 0 Å². The maximum Gasteiger partial charge on any atom is 0.510 e. The quantitative estimate of drug-likeness (QED) is 0.414. The summed E-state index contributed by atoms with van der Waals surface area (Å²) in [5.41, 5.74) is 0. The Hall–Kier alpha value is -0.490. The van der Waals surface area contributed by atoms with Gasteiger partial charge in [-0.05, 0) is 4.57 Å². The summed E-state index contributed by atoms with van der Waals surface area (Å²) in [6.07, 6.45) is 0.900. The van der Waals surface area contributed by atoms with E-state index in [1.54, 1.807) is 0 Å². The molecule has 0 aromatic heterocycles. The van der Waals surface area contributed by atoms with Crippen LogP contribution in [0.1, 0.15) is 0 Å². The molecule has 0 fully saturated rings. The van der Waals surface area contributed by atoms with E-state index in [2.05, 4.69) is 0 Å². The van der Waals surface area contributed by atoms with Crippen LogP contribution in [0.15, 0.2) is 6.08 Å². The zero-order chi connectivity index (χ0) is 5.70. The molecule has 0 aromatic carbocycles. The fraction of sp³-hybridized carbons (Fsp3) is 0.333. The normalized spacial score (nSPS) is 9.57. The molecular weight excluding hydrogens is 115 g/mol. The lowest BCUT2D eigenvalue weighted by atomic mass is 10.8. The molecule has 0 saturated heterocycles. The molecule has 3 nitrogen and oxygen atoms in total. The van der Waals surface area contributed by atoms with Crippen molar-refractivity contribution in [1.82, 2.24) is 0 Å². The number of carbonyl (C=O) groups excluding carboxylic acids is 1. The van der Waals surface area contributed by atoms with Gasteiger partial charge in [-0.1, -0.05) is 0 Å². The van der Waals surface area contributed by atoms with E-state index in [-0.39, 0.29) is 6.16 Å². The molecule has 0 aromatic rings. The molecule has 4 heteroatoms. The third-order valence-electron chi connectivity index (χ3n) is 0.331. The molecule has 1 N–H and O–H groups in total. The van der Waals surface area contributed by atoms with Gasteiger partial charge in [-0.25, -0.2) is 4.79 Å². The van der Waals surface area contributed by atoms with Crippen LogP contribution in [0.3, 0.4) is 0 Å². The average molecular weight is 119 g/mol. The van der Waals surface area contributed by atoms with Crippen LogP contribution in [0, 0.1) is 0 Å². The van der Waals surface area contributed by atoms with Crippen LogP contribution in [-0.2, 0) is 9.36 Å². The fourth-order valence-corrected chi connectivity index (χ4v) is 0.346. The topological polar surface area (TPSA) is 54.4 Å². The summed E-state index contributed by atoms with van der Waals surface area (Å²) in [5.74, 6) is 1.38. The van der Waals surface area contributed by atoms with Gasteiger partial charge in [0.2, 0.25) is 6.16 Å². The molecule has 1 atom stereocenters. The van der Waals surface area contributed by atoms with Gasteiger partial charge in [0.05, 0.1) is 6.08 Å². The van der Waals surface area contributed by atoms with Crippen molar-refractivity contribution < 1.29 is 14.3 Å². The van der Waals surface area contributed by atoms with Crippen molar-refractivity contribution in [3.63, 3.8) is 0 Å². The van der Waals surface area contributed by atoms with Gasteiger partial charge < -0.3 is 0 Å². The summed E-state index contributed by atoms with van der Waals surface area (Å²) in [5, 5.41) is 0. The fourth-order valence-electron chi connectivity index (χ4n) is 0.115.